The lowest BCUT2D eigenvalue weighted by atomic mass is 9.81. The van der Waals surface area contributed by atoms with Crippen LogP contribution < -0.4 is 15.4 Å². The van der Waals surface area contributed by atoms with Crippen molar-refractivity contribution in [2.24, 2.45) is 5.41 Å². The molecule has 1 aromatic rings. The summed E-state index contributed by atoms with van der Waals surface area (Å²) in [5.41, 5.74) is 0.226. The second-order valence-corrected chi connectivity index (χ2v) is 6.72. The van der Waals surface area contributed by atoms with E-state index in [4.69, 9.17) is 4.74 Å². The molecule has 1 fully saturated rings. The standard InChI is InChI=1S/C16H23BrN2O2/c1-16(7-9-18-10-8-16)12-19-15(20)6-11-21-14-5-3-2-4-13(14)17/h2-5,18H,6-12H2,1H3,(H,19,20). The summed E-state index contributed by atoms with van der Waals surface area (Å²) in [6, 6.07) is 7.66. The van der Waals surface area contributed by atoms with Crippen LogP contribution in [0.2, 0.25) is 0 Å². The lowest BCUT2D eigenvalue weighted by Gasteiger charge is -2.34. The van der Waals surface area contributed by atoms with Crippen molar-refractivity contribution in [3.63, 3.8) is 0 Å². The van der Waals surface area contributed by atoms with Crippen LogP contribution in [-0.2, 0) is 4.79 Å². The maximum absolute atomic E-state index is 11.9. The highest BCUT2D eigenvalue weighted by molar-refractivity contribution is 9.10. The van der Waals surface area contributed by atoms with Crippen molar-refractivity contribution in [1.82, 2.24) is 10.6 Å². The highest BCUT2D eigenvalue weighted by Gasteiger charge is 2.26. The molecule has 0 radical (unpaired) electrons. The zero-order chi connectivity index (χ0) is 15.1. The first-order chi connectivity index (χ1) is 10.1. The molecule has 1 heterocycles. The second kappa shape index (κ2) is 7.80. The first-order valence-electron chi connectivity index (χ1n) is 7.44. The predicted octanol–water partition coefficient (Wildman–Crippen LogP) is 2.72. The third-order valence-corrected chi connectivity index (χ3v) is 4.60. The third-order valence-electron chi connectivity index (χ3n) is 3.95. The molecule has 1 aliphatic heterocycles. The topological polar surface area (TPSA) is 50.4 Å². The van der Waals surface area contributed by atoms with Gasteiger partial charge >= 0.3 is 0 Å². The Bertz CT molecular complexity index is 473. The quantitative estimate of drug-likeness (QED) is 0.825. The van der Waals surface area contributed by atoms with Gasteiger partial charge in [0.1, 0.15) is 5.75 Å². The molecular weight excluding hydrogens is 332 g/mol. The molecule has 0 aromatic heterocycles. The molecule has 2 rings (SSSR count). The van der Waals surface area contributed by atoms with Crippen LogP contribution in [-0.4, -0.2) is 32.1 Å². The largest absolute Gasteiger partial charge is 0.492 e. The molecule has 1 amide bonds. The van der Waals surface area contributed by atoms with E-state index in [1.54, 1.807) is 0 Å². The van der Waals surface area contributed by atoms with E-state index in [1.807, 2.05) is 24.3 Å². The minimum atomic E-state index is 0.0572. The molecule has 0 aliphatic carbocycles. The molecular formula is C16H23BrN2O2. The lowest BCUT2D eigenvalue weighted by Crippen LogP contribution is -2.43. The van der Waals surface area contributed by atoms with E-state index in [9.17, 15) is 4.79 Å². The van der Waals surface area contributed by atoms with Gasteiger partial charge in [-0.25, -0.2) is 0 Å². The molecule has 2 N–H and O–H groups in total. The number of amides is 1. The Balaban J connectivity index is 1.67. The number of ether oxygens (including phenoxy) is 1. The van der Waals surface area contributed by atoms with Crippen molar-refractivity contribution in [3.05, 3.63) is 28.7 Å². The predicted molar refractivity (Wildman–Crippen MR) is 87.5 cm³/mol. The van der Waals surface area contributed by atoms with E-state index in [-0.39, 0.29) is 11.3 Å². The number of hydrogen-bond acceptors (Lipinski definition) is 3. The summed E-state index contributed by atoms with van der Waals surface area (Å²) in [7, 11) is 0. The van der Waals surface area contributed by atoms with E-state index < -0.39 is 0 Å². The van der Waals surface area contributed by atoms with Gasteiger partial charge in [0.05, 0.1) is 17.5 Å². The second-order valence-electron chi connectivity index (χ2n) is 5.87. The van der Waals surface area contributed by atoms with Crippen LogP contribution in [0.15, 0.2) is 28.7 Å². The normalized spacial score (nSPS) is 17.2. The molecule has 21 heavy (non-hydrogen) atoms. The lowest BCUT2D eigenvalue weighted by molar-refractivity contribution is -0.122. The van der Waals surface area contributed by atoms with Gasteiger partial charge < -0.3 is 15.4 Å². The Labute approximate surface area is 134 Å². The summed E-state index contributed by atoms with van der Waals surface area (Å²) < 4.78 is 6.52. The Kier molecular flexibility index (Phi) is 6.06. The average Bonchev–Trinajstić information content (AvgIpc) is 2.48. The fourth-order valence-electron chi connectivity index (χ4n) is 2.42. The molecule has 4 nitrogen and oxygen atoms in total. The van der Waals surface area contributed by atoms with Crippen LogP contribution >= 0.6 is 15.9 Å². The summed E-state index contributed by atoms with van der Waals surface area (Å²) in [5, 5.41) is 6.38. The van der Waals surface area contributed by atoms with Gasteiger partial charge in [-0.3, -0.25) is 4.79 Å². The van der Waals surface area contributed by atoms with Crippen LogP contribution in [0.25, 0.3) is 0 Å². The van der Waals surface area contributed by atoms with E-state index >= 15 is 0 Å². The number of halogens is 1. The van der Waals surface area contributed by atoms with E-state index in [2.05, 4.69) is 33.5 Å². The number of carbonyl (C=O) groups excluding carboxylic acids is 1. The van der Waals surface area contributed by atoms with Crippen molar-refractivity contribution in [3.8, 4) is 5.75 Å². The summed E-state index contributed by atoms with van der Waals surface area (Å²) in [6.45, 7) is 5.47. The van der Waals surface area contributed by atoms with Crippen molar-refractivity contribution < 1.29 is 9.53 Å². The van der Waals surface area contributed by atoms with Crippen molar-refractivity contribution >= 4 is 21.8 Å². The maximum atomic E-state index is 11.9. The summed E-state index contributed by atoms with van der Waals surface area (Å²) in [4.78, 5) is 11.9. The number of nitrogens with one attached hydrogen (secondary N) is 2. The molecule has 0 atom stereocenters. The number of para-hydroxylation sites is 1. The van der Waals surface area contributed by atoms with Crippen LogP contribution in [0.3, 0.4) is 0 Å². The molecule has 116 valence electrons. The zero-order valence-electron chi connectivity index (χ0n) is 12.5. The van der Waals surface area contributed by atoms with Crippen LogP contribution in [0.4, 0.5) is 0 Å². The van der Waals surface area contributed by atoms with Crippen molar-refractivity contribution in [2.75, 3.05) is 26.2 Å². The number of carbonyl (C=O) groups is 1. The molecule has 0 unspecified atom stereocenters. The molecule has 1 aromatic carbocycles. The highest BCUT2D eigenvalue weighted by Crippen LogP contribution is 2.26. The van der Waals surface area contributed by atoms with Crippen molar-refractivity contribution in [1.29, 1.82) is 0 Å². The van der Waals surface area contributed by atoms with Crippen LogP contribution in [0.1, 0.15) is 26.2 Å². The Morgan fingerprint density at radius 2 is 2.10 bits per heavy atom. The summed E-state index contributed by atoms with van der Waals surface area (Å²) in [6.07, 6.45) is 2.61. The summed E-state index contributed by atoms with van der Waals surface area (Å²) in [5.74, 6) is 0.831. The van der Waals surface area contributed by atoms with E-state index in [1.165, 1.54) is 0 Å². The van der Waals surface area contributed by atoms with E-state index in [0.29, 0.717) is 13.0 Å². The van der Waals surface area contributed by atoms with Crippen LogP contribution in [0, 0.1) is 5.41 Å². The number of hydrogen-bond donors (Lipinski definition) is 2. The van der Waals surface area contributed by atoms with Gasteiger partial charge in [0.15, 0.2) is 0 Å². The molecule has 0 bridgehead atoms. The first kappa shape index (κ1) is 16.3. The average molecular weight is 355 g/mol. The van der Waals surface area contributed by atoms with Gasteiger partial charge in [-0.15, -0.1) is 0 Å². The van der Waals surface area contributed by atoms with Crippen LogP contribution in [0.5, 0.6) is 5.75 Å². The Morgan fingerprint density at radius 3 is 2.81 bits per heavy atom. The van der Waals surface area contributed by atoms with Crippen molar-refractivity contribution in [2.45, 2.75) is 26.2 Å². The summed E-state index contributed by atoms with van der Waals surface area (Å²) >= 11 is 3.42. The van der Waals surface area contributed by atoms with Gasteiger partial charge in [0.25, 0.3) is 0 Å². The molecule has 5 heteroatoms. The maximum Gasteiger partial charge on any atom is 0.223 e. The SMILES string of the molecule is CC1(CNC(=O)CCOc2ccccc2Br)CCNCC1. The third kappa shape index (κ3) is 5.32. The van der Waals surface area contributed by atoms with E-state index in [0.717, 1.165) is 42.7 Å². The first-order valence-corrected chi connectivity index (χ1v) is 8.23. The zero-order valence-corrected chi connectivity index (χ0v) is 14.0. The smallest absolute Gasteiger partial charge is 0.223 e. The molecule has 0 saturated carbocycles. The number of rotatable bonds is 6. The Hall–Kier alpha value is -1.07. The van der Waals surface area contributed by atoms with Gasteiger partial charge in [-0.1, -0.05) is 19.1 Å². The highest BCUT2D eigenvalue weighted by atomic mass is 79.9. The Morgan fingerprint density at radius 1 is 1.38 bits per heavy atom. The van der Waals surface area contributed by atoms with Gasteiger partial charge in [0.2, 0.25) is 5.91 Å². The van der Waals surface area contributed by atoms with Gasteiger partial charge in [-0.2, -0.15) is 0 Å². The fourth-order valence-corrected chi connectivity index (χ4v) is 2.82. The number of benzene rings is 1. The minimum absolute atomic E-state index is 0.0572. The molecule has 1 aliphatic rings. The monoisotopic (exact) mass is 354 g/mol. The van der Waals surface area contributed by atoms with Gasteiger partial charge in [-0.05, 0) is 59.4 Å². The molecule has 1 saturated heterocycles. The molecule has 0 spiro atoms. The van der Waals surface area contributed by atoms with Gasteiger partial charge in [0, 0.05) is 6.54 Å². The minimum Gasteiger partial charge on any atom is -0.492 e. The fraction of sp³-hybridized carbons (Fsp3) is 0.562. The number of piperidine rings is 1.